The van der Waals surface area contributed by atoms with Crippen LogP contribution < -0.4 is 4.74 Å². The van der Waals surface area contributed by atoms with Crippen LogP contribution in [0, 0.1) is 0 Å². The highest BCUT2D eigenvalue weighted by atomic mass is 16.5. The lowest BCUT2D eigenvalue weighted by molar-refractivity contribution is 0.103. The smallest absolute Gasteiger partial charge is 0.198 e. The maximum absolute atomic E-state index is 14.1. The number of nitrogens with one attached hydrogen (secondary N) is 2. The molecule has 0 saturated heterocycles. The van der Waals surface area contributed by atoms with Gasteiger partial charge in [0.2, 0.25) is 0 Å². The number of nitrogens with zero attached hydrogens (tertiary/aromatic N) is 2. The molecule has 4 aromatic rings. The molecule has 0 aliphatic carbocycles. The van der Waals surface area contributed by atoms with Gasteiger partial charge in [-0.2, -0.15) is 0 Å². The van der Waals surface area contributed by atoms with Gasteiger partial charge in [0.25, 0.3) is 0 Å². The minimum atomic E-state index is -0.101. The first-order valence-corrected chi connectivity index (χ1v) is 16.6. The van der Waals surface area contributed by atoms with E-state index < -0.39 is 0 Å². The number of aliphatic hydroxyl groups is 1. The quantitative estimate of drug-likeness (QED) is 0.0790. The summed E-state index contributed by atoms with van der Waals surface area (Å²) in [5.41, 5.74) is 7.58. The van der Waals surface area contributed by atoms with E-state index in [-0.39, 0.29) is 5.78 Å². The molecule has 0 fully saturated rings. The standard InChI is InChI=1S/C39H42N4O3/c44-22-12-7-5-3-1-2-4-6-8-13-23-46-39-36-27-34-21-19-32(42-34)25-30-17-16-29(40-30)24-31-18-20-33(41-31)26-35(43-36)37(39)38(45)28-14-10-9-11-15-28/h9-11,14-21,24-27,40,43-44H,1-8,12-13,22-23H2. The monoisotopic (exact) mass is 614 g/mol. The largest absolute Gasteiger partial charge is 0.491 e. The first-order valence-electron chi connectivity index (χ1n) is 16.6. The summed E-state index contributed by atoms with van der Waals surface area (Å²) in [6.45, 7) is 0.820. The van der Waals surface area contributed by atoms with Crippen LogP contribution >= 0.6 is 0 Å². The van der Waals surface area contributed by atoms with Crippen molar-refractivity contribution < 1.29 is 14.6 Å². The van der Waals surface area contributed by atoms with Crippen molar-refractivity contribution in [3.8, 4) is 5.75 Å². The molecule has 3 N–H and O–H groups in total. The fourth-order valence-corrected chi connectivity index (χ4v) is 5.97. The lowest BCUT2D eigenvalue weighted by Crippen LogP contribution is -2.05. The molecule has 0 radical (unpaired) electrons. The maximum atomic E-state index is 14.1. The Morgan fingerprint density at radius 2 is 1.13 bits per heavy atom. The molecule has 0 amide bonds. The Bertz CT molecular complexity index is 1870. The number of hydrogen-bond donors (Lipinski definition) is 3. The Balaban J connectivity index is 1.31. The predicted octanol–water partition coefficient (Wildman–Crippen LogP) is 9.16. The normalized spacial score (nSPS) is 12.1. The number of fused-ring (bicyclic) bond motifs is 8. The average molecular weight is 615 g/mol. The zero-order chi connectivity index (χ0) is 31.6. The molecule has 0 spiro atoms. The van der Waals surface area contributed by atoms with Crippen LogP contribution in [0.4, 0.5) is 0 Å². The Hall–Kier alpha value is -4.75. The SMILES string of the molecule is O=C(c1ccccc1)c1c(OCCCCCCCCCCCCO)c2cc3nc(cc4ccc(cc5nc(cc1[nH]2)C=C5)[nH]4)C=C3. The maximum Gasteiger partial charge on any atom is 0.198 e. The third-order valence-electron chi connectivity index (χ3n) is 8.36. The summed E-state index contributed by atoms with van der Waals surface area (Å²) in [5, 5.41) is 8.92. The van der Waals surface area contributed by atoms with Gasteiger partial charge in [0, 0.05) is 23.2 Å². The van der Waals surface area contributed by atoms with E-state index in [4.69, 9.17) is 19.8 Å². The number of unbranched alkanes of at least 4 members (excludes halogenated alkanes) is 9. The zero-order valence-electron chi connectivity index (χ0n) is 26.3. The minimum Gasteiger partial charge on any atom is -0.491 e. The third kappa shape index (κ3) is 8.09. The second kappa shape index (κ2) is 15.5. The van der Waals surface area contributed by atoms with Gasteiger partial charge in [-0.25, -0.2) is 9.97 Å². The van der Waals surface area contributed by atoms with Gasteiger partial charge in [-0.05, 0) is 73.5 Å². The van der Waals surface area contributed by atoms with Crippen LogP contribution in [0.25, 0.3) is 46.4 Å². The van der Waals surface area contributed by atoms with E-state index in [9.17, 15) is 4.79 Å². The highest BCUT2D eigenvalue weighted by Crippen LogP contribution is 2.33. The molecule has 6 rings (SSSR count). The number of carbonyl (C=O) groups is 1. The van der Waals surface area contributed by atoms with E-state index in [2.05, 4.69) is 9.97 Å². The topological polar surface area (TPSA) is 104 Å². The molecule has 46 heavy (non-hydrogen) atoms. The molecular weight excluding hydrogens is 572 g/mol. The summed E-state index contributed by atoms with van der Waals surface area (Å²) >= 11 is 0. The van der Waals surface area contributed by atoms with E-state index in [1.54, 1.807) is 0 Å². The lowest BCUT2D eigenvalue weighted by atomic mass is 10.0. The summed E-state index contributed by atoms with van der Waals surface area (Å²) in [4.78, 5) is 30.6. The number of aliphatic hydroxyl groups excluding tert-OH is 1. The van der Waals surface area contributed by atoms with Gasteiger partial charge < -0.3 is 19.8 Å². The van der Waals surface area contributed by atoms with Gasteiger partial charge in [0.15, 0.2) is 11.5 Å². The molecule has 236 valence electrons. The average Bonchev–Trinajstić information content (AvgIpc) is 3.87. The second-order valence-electron chi connectivity index (χ2n) is 12.0. The summed E-state index contributed by atoms with van der Waals surface area (Å²) in [5.74, 6) is 0.448. The predicted molar refractivity (Wildman–Crippen MR) is 187 cm³/mol. The van der Waals surface area contributed by atoms with E-state index in [1.165, 1.54) is 38.5 Å². The molecule has 2 aliphatic rings. The number of rotatable bonds is 15. The van der Waals surface area contributed by atoms with Crippen molar-refractivity contribution in [3.05, 3.63) is 101 Å². The Kier molecular flexibility index (Phi) is 10.5. The summed E-state index contributed by atoms with van der Waals surface area (Å²) in [7, 11) is 0. The van der Waals surface area contributed by atoms with E-state index in [1.807, 2.05) is 91.0 Å². The number of ketones is 1. The number of H-pyrrole nitrogens is 2. The van der Waals surface area contributed by atoms with Crippen molar-refractivity contribution in [3.63, 3.8) is 0 Å². The van der Waals surface area contributed by atoms with Crippen LogP contribution in [-0.4, -0.2) is 44.0 Å². The van der Waals surface area contributed by atoms with Crippen LogP contribution in [0.1, 0.15) is 103 Å². The van der Waals surface area contributed by atoms with Crippen molar-refractivity contribution >= 4 is 52.2 Å². The van der Waals surface area contributed by atoms with Crippen molar-refractivity contribution in [1.29, 1.82) is 0 Å². The number of aromatic amines is 2. The molecule has 0 atom stereocenters. The summed E-state index contributed by atoms with van der Waals surface area (Å²) < 4.78 is 6.50. The number of ether oxygens (including phenoxy) is 1. The van der Waals surface area contributed by atoms with Crippen LogP contribution in [0.15, 0.2) is 66.7 Å². The summed E-state index contributed by atoms with van der Waals surface area (Å²) in [6, 6.07) is 21.3. The molecule has 2 aliphatic heterocycles. The van der Waals surface area contributed by atoms with Crippen LogP contribution in [0.2, 0.25) is 0 Å². The number of hydrogen-bond acceptors (Lipinski definition) is 5. The molecule has 0 unspecified atom stereocenters. The first-order chi connectivity index (χ1) is 22.7. The van der Waals surface area contributed by atoms with Crippen LogP contribution in [0.5, 0.6) is 5.75 Å². The molecule has 1 aromatic carbocycles. The third-order valence-corrected chi connectivity index (χ3v) is 8.36. The van der Waals surface area contributed by atoms with Gasteiger partial charge in [-0.1, -0.05) is 81.7 Å². The molecule has 0 saturated carbocycles. The molecule has 5 heterocycles. The number of carbonyl (C=O) groups excluding carboxylic acids is 1. The Labute approximate surface area is 270 Å². The first kappa shape index (κ1) is 31.2. The zero-order valence-corrected chi connectivity index (χ0v) is 26.3. The van der Waals surface area contributed by atoms with Gasteiger partial charge in [-0.15, -0.1) is 0 Å². The van der Waals surface area contributed by atoms with Crippen molar-refractivity contribution in [2.45, 2.75) is 64.2 Å². The Morgan fingerprint density at radius 3 is 1.72 bits per heavy atom. The molecule has 7 nitrogen and oxygen atoms in total. The molecule has 8 bridgehead atoms. The van der Waals surface area contributed by atoms with Crippen molar-refractivity contribution in [2.75, 3.05) is 13.2 Å². The van der Waals surface area contributed by atoms with Crippen molar-refractivity contribution in [2.24, 2.45) is 0 Å². The van der Waals surface area contributed by atoms with Crippen LogP contribution in [-0.2, 0) is 0 Å². The second-order valence-corrected chi connectivity index (χ2v) is 12.0. The highest BCUT2D eigenvalue weighted by molar-refractivity contribution is 6.17. The van der Waals surface area contributed by atoms with E-state index in [0.29, 0.717) is 41.1 Å². The Morgan fingerprint density at radius 1 is 0.609 bits per heavy atom. The molecule has 3 aromatic heterocycles. The van der Waals surface area contributed by atoms with Gasteiger partial charge >= 0.3 is 0 Å². The molecule has 7 heteroatoms. The van der Waals surface area contributed by atoms with Crippen molar-refractivity contribution in [1.82, 2.24) is 19.9 Å². The summed E-state index contributed by atoms with van der Waals surface area (Å²) in [6.07, 6.45) is 19.3. The van der Waals surface area contributed by atoms with Crippen LogP contribution in [0.3, 0.4) is 0 Å². The number of benzene rings is 1. The molecular formula is C39H42N4O3. The fourth-order valence-electron chi connectivity index (χ4n) is 5.97. The van der Waals surface area contributed by atoms with E-state index in [0.717, 1.165) is 59.5 Å². The number of aromatic nitrogens is 4. The van der Waals surface area contributed by atoms with Gasteiger partial charge in [-0.3, -0.25) is 4.79 Å². The van der Waals surface area contributed by atoms with Gasteiger partial charge in [0.1, 0.15) is 0 Å². The van der Waals surface area contributed by atoms with E-state index >= 15 is 0 Å². The van der Waals surface area contributed by atoms with Gasteiger partial charge in [0.05, 0.1) is 46.0 Å². The minimum absolute atomic E-state index is 0.101. The highest BCUT2D eigenvalue weighted by Gasteiger charge is 2.22. The lowest BCUT2D eigenvalue weighted by Gasteiger charge is -2.09. The fraction of sp³-hybridized carbons (Fsp3) is 0.308.